The van der Waals surface area contributed by atoms with Crippen LogP contribution in [0.3, 0.4) is 0 Å². The molecule has 0 radical (unpaired) electrons. The van der Waals surface area contributed by atoms with Crippen LogP contribution in [0.5, 0.6) is 5.75 Å². The van der Waals surface area contributed by atoms with Crippen molar-refractivity contribution < 1.29 is 9.47 Å². The van der Waals surface area contributed by atoms with E-state index in [0.29, 0.717) is 12.5 Å². The highest BCUT2D eigenvalue weighted by atomic mass is 79.9. The van der Waals surface area contributed by atoms with Gasteiger partial charge in [-0.05, 0) is 30.9 Å². The van der Waals surface area contributed by atoms with Crippen LogP contribution in [0, 0.1) is 5.92 Å². The van der Waals surface area contributed by atoms with E-state index in [9.17, 15) is 0 Å². The summed E-state index contributed by atoms with van der Waals surface area (Å²) >= 11 is 3.49. The monoisotopic (exact) mass is 299 g/mol. The van der Waals surface area contributed by atoms with Gasteiger partial charge in [0.05, 0.1) is 6.61 Å². The topological polar surface area (TPSA) is 44.5 Å². The molecule has 4 heteroatoms. The summed E-state index contributed by atoms with van der Waals surface area (Å²) in [4.78, 5) is 0. The molecule has 0 amide bonds. The maximum atomic E-state index is 5.88. The number of halogens is 1. The highest BCUT2D eigenvalue weighted by Crippen LogP contribution is 2.27. The van der Waals surface area contributed by atoms with Crippen LogP contribution >= 0.6 is 15.9 Å². The lowest BCUT2D eigenvalue weighted by atomic mass is 10.0. The summed E-state index contributed by atoms with van der Waals surface area (Å²) in [5.74, 6) is 1.50. The molecule has 1 aromatic rings. The number of hydrogen-bond donors (Lipinski definition) is 1. The lowest BCUT2D eigenvalue weighted by molar-refractivity contribution is 0.0496. The number of nitrogens with two attached hydrogens (primary N) is 1. The number of rotatable bonds is 4. The maximum Gasteiger partial charge on any atom is 0.124 e. The molecule has 2 rings (SSSR count). The molecule has 1 aliphatic rings. The van der Waals surface area contributed by atoms with Gasteiger partial charge in [0.25, 0.3) is 0 Å². The molecule has 94 valence electrons. The predicted octanol–water partition coefficient (Wildman–Crippen LogP) is 2.71. The van der Waals surface area contributed by atoms with Gasteiger partial charge in [-0.3, -0.25) is 0 Å². The molecular formula is C13H18BrNO2. The standard InChI is InChI=1S/C13H18BrNO2/c14-12-2-1-3-13(11(12)8-15)17-9-10-4-6-16-7-5-10/h1-3,10H,4-9,15H2. The zero-order chi connectivity index (χ0) is 12.1. The Morgan fingerprint density at radius 1 is 1.35 bits per heavy atom. The second-order valence-corrected chi connectivity index (χ2v) is 5.14. The molecule has 0 aromatic heterocycles. The quantitative estimate of drug-likeness (QED) is 0.930. The molecule has 3 nitrogen and oxygen atoms in total. The van der Waals surface area contributed by atoms with Gasteiger partial charge in [0.1, 0.15) is 5.75 Å². The molecule has 0 atom stereocenters. The number of ether oxygens (including phenoxy) is 2. The minimum atomic E-state index is 0.491. The molecule has 0 bridgehead atoms. The van der Waals surface area contributed by atoms with E-state index in [1.54, 1.807) is 0 Å². The van der Waals surface area contributed by atoms with E-state index in [0.717, 1.165) is 48.4 Å². The van der Waals surface area contributed by atoms with Crippen molar-refractivity contribution in [2.75, 3.05) is 19.8 Å². The lowest BCUT2D eigenvalue weighted by Gasteiger charge is -2.22. The zero-order valence-electron chi connectivity index (χ0n) is 9.82. The van der Waals surface area contributed by atoms with Crippen molar-refractivity contribution in [2.45, 2.75) is 19.4 Å². The molecule has 1 heterocycles. The van der Waals surface area contributed by atoms with Crippen LogP contribution in [-0.2, 0) is 11.3 Å². The minimum Gasteiger partial charge on any atom is -0.493 e. The summed E-state index contributed by atoms with van der Waals surface area (Å²) in [5, 5.41) is 0. The Kier molecular flexibility index (Phi) is 4.83. The Hall–Kier alpha value is -0.580. The van der Waals surface area contributed by atoms with Crippen LogP contribution in [0.4, 0.5) is 0 Å². The summed E-state index contributed by atoms with van der Waals surface area (Å²) in [5.41, 5.74) is 6.77. The normalized spacial score (nSPS) is 17.1. The lowest BCUT2D eigenvalue weighted by Crippen LogP contribution is -2.21. The van der Waals surface area contributed by atoms with E-state index in [1.165, 1.54) is 0 Å². The molecule has 1 fully saturated rings. The van der Waals surface area contributed by atoms with Gasteiger partial charge in [-0.15, -0.1) is 0 Å². The van der Waals surface area contributed by atoms with Crippen LogP contribution in [0.2, 0.25) is 0 Å². The van der Waals surface area contributed by atoms with Crippen molar-refractivity contribution in [3.8, 4) is 5.75 Å². The first-order chi connectivity index (χ1) is 8.31. The Morgan fingerprint density at radius 2 is 2.12 bits per heavy atom. The minimum absolute atomic E-state index is 0.491. The average molecular weight is 300 g/mol. The fourth-order valence-electron chi connectivity index (χ4n) is 1.99. The number of hydrogen-bond acceptors (Lipinski definition) is 3. The van der Waals surface area contributed by atoms with Crippen molar-refractivity contribution >= 4 is 15.9 Å². The molecule has 2 N–H and O–H groups in total. The van der Waals surface area contributed by atoms with Crippen LogP contribution in [0.1, 0.15) is 18.4 Å². The SMILES string of the molecule is NCc1c(Br)cccc1OCC1CCOCC1. The van der Waals surface area contributed by atoms with Crippen molar-refractivity contribution in [2.24, 2.45) is 11.7 Å². The molecule has 17 heavy (non-hydrogen) atoms. The maximum absolute atomic E-state index is 5.88. The van der Waals surface area contributed by atoms with E-state index >= 15 is 0 Å². The Bertz CT molecular complexity index is 364. The van der Waals surface area contributed by atoms with Crippen LogP contribution in [0.15, 0.2) is 22.7 Å². The summed E-state index contributed by atoms with van der Waals surface area (Å²) in [7, 11) is 0. The van der Waals surface area contributed by atoms with Crippen molar-refractivity contribution in [3.05, 3.63) is 28.2 Å². The summed E-state index contributed by atoms with van der Waals surface area (Å²) in [6.07, 6.45) is 2.18. The van der Waals surface area contributed by atoms with Gasteiger partial charge in [-0.2, -0.15) is 0 Å². The molecule has 0 aliphatic carbocycles. The molecule has 1 aliphatic heterocycles. The third-order valence-corrected chi connectivity index (χ3v) is 3.84. The van der Waals surface area contributed by atoms with Crippen LogP contribution in [0.25, 0.3) is 0 Å². The second kappa shape index (κ2) is 6.38. The smallest absolute Gasteiger partial charge is 0.124 e. The molecule has 0 unspecified atom stereocenters. The van der Waals surface area contributed by atoms with E-state index in [1.807, 2.05) is 18.2 Å². The highest BCUT2D eigenvalue weighted by Gasteiger charge is 2.15. The largest absolute Gasteiger partial charge is 0.493 e. The zero-order valence-corrected chi connectivity index (χ0v) is 11.4. The first kappa shape index (κ1) is 12.9. The van der Waals surface area contributed by atoms with Crippen molar-refractivity contribution in [3.63, 3.8) is 0 Å². The highest BCUT2D eigenvalue weighted by molar-refractivity contribution is 9.10. The molecule has 1 aromatic carbocycles. The van der Waals surface area contributed by atoms with Crippen molar-refractivity contribution in [1.29, 1.82) is 0 Å². The van der Waals surface area contributed by atoms with Gasteiger partial charge < -0.3 is 15.2 Å². The fraction of sp³-hybridized carbons (Fsp3) is 0.538. The fourth-order valence-corrected chi connectivity index (χ4v) is 2.50. The van der Waals surface area contributed by atoms with Gasteiger partial charge in [-0.1, -0.05) is 22.0 Å². The third kappa shape index (κ3) is 3.44. The van der Waals surface area contributed by atoms with E-state index in [2.05, 4.69) is 15.9 Å². The Morgan fingerprint density at radius 3 is 2.82 bits per heavy atom. The van der Waals surface area contributed by atoms with Gasteiger partial charge in [0.2, 0.25) is 0 Å². The van der Waals surface area contributed by atoms with E-state index in [4.69, 9.17) is 15.2 Å². The Labute approximate surface area is 110 Å². The molecular weight excluding hydrogens is 282 g/mol. The molecule has 0 saturated carbocycles. The first-order valence-electron chi connectivity index (χ1n) is 5.99. The second-order valence-electron chi connectivity index (χ2n) is 4.29. The van der Waals surface area contributed by atoms with Gasteiger partial charge in [-0.25, -0.2) is 0 Å². The van der Waals surface area contributed by atoms with Gasteiger partial charge in [0, 0.05) is 29.8 Å². The third-order valence-electron chi connectivity index (χ3n) is 3.10. The summed E-state index contributed by atoms with van der Waals surface area (Å²) in [6.45, 7) is 2.96. The van der Waals surface area contributed by atoms with E-state index < -0.39 is 0 Å². The van der Waals surface area contributed by atoms with Crippen LogP contribution in [-0.4, -0.2) is 19.8 Å². The Balaban J connectivity index is 1.95. The van der Waals surface area contributed by atoms with Crippen LogP contribution < -0.4 is 10.5 Å². The molecule has 0 spiro atoms. The van der Waals surface area contributed by atoms with E-state index in [-0.39, 0.29) is 0 Å². The van der Waals surface area contributed by atoms with Crippen molar-refractivity contribution in [1.82, 2.24) is 0 Å². The number of benzene rings is 1. The average Bonchev–Trinajstić information content (AvgIpc) is 2.37. The summed E-state index contributed by atoms with van der Waals surface area (Å²) < 4.78 is 12.2. The first-order valence-corrected chi connectivity index (χ1v) is 6.78. The van der Waals surface area contributed by atoms with Gasteiger partial charge in [0.15, 0.2) is 0 Å². The van der Waals surface area contributed by atoms with Gasteiger partial charge >= 0.3 is 0 Å². The molecule has 1 saturated heterocycles. The summed E-state index contributed by atoms with van der Waals surface area (Å²) in [6, 6.07) is 5.94. The predicted molar refractivity (Wildman–Crippen MR) is 71.1 cm³/mol.